The summed E-state index contributed by atoms with van der Waals surface area (Å²) in [6.07, 6.45) is 0. The Bertz CT molecular complexity index is 1090. The summed E-state index contributed by atoms with van der Waals surface area (Å²) in [6.45, 7) is 3.54. The fourth-order valence-electron chi connectivity index (χ4n) is 2.85. The van der Waals surface area contributed by atoms with Crippen molar-refractivity contribution in [2.45, 2.75) is 13.8 Å². The SMILES string of the molecule is Cc1ccccc1C(=O)P(=O)(O)OC(=O)c1ccc(C)c(-c2ccccc2)c1. The maximum atomic E-state index is 12.5. The molecule has 0 saturated carbocycles. The van der Waals surface area contributed by atoms with Crippen LogP contribution in [0.4, 0.5) is 0 Å². The van der Waals surface area contributed by atoms with Crippen molar-refractivity contribution in [3.8, 4) is 11.1 Å². The van der Waals surface area contributed by atoms with Crippen LogP contribution in [0.15, 0.2) is 72.8 Å². The maximum Gasteiger partial charge on any atom is 0.451 e. The van der Waals surface area contributed by atoms with Gasteiger partial charge in [-0.3, -0.25) is 4.79 Å². The molecule has 0 spiro atoms. The van der Waals surface area contributed by atoms with E-state index in [1.54, 1.807) is 37.3 Å². The lowest BCUT2D eigenvalue weighted by Gasteiger charge is -2.13. The molecule has 142 valence electrons. The number of aryl methyl sites for hydroxylation is 2. The standard InChI is InChI=1S/C22H19O5P/c1-15-8-6-7-11-19(15)22(24)28(25,26)27-21(23)18-13-12-16(2)20(14-18)17-9-4-3-5-10-17/h3-14H,1-2H3,(H,25,26). The van der Waals surface area contributed by atoms with Crippen molar-refractivity contribution in [3.05, 3.63) is 95.1 Å². The Morgan fingerprint density at radius 2 is 1.50 bits per heavy atom. The summed E-state index contributed by atoms with van der Waals surface area (Å²) in [5.41, 5.74) is 2.21. The molecular formula is C22H19O5P. The zero-order valence-electron chi connectivity index (χ0n) is 15.5. The predicted octanol–water partition coefficient (Wildman–Crippen LogP) is 5.15. The van der Waals surface area contributed by atoms with Crippen LogP contribution in [0, 0.1) is 13.8 Å². The first kappa shape index (κ1) is 19.7. The zero-order valence-corrected chi connectivity index (χ0v) is 16.4. The first-order valence-electron chi connectivity index (χ1n) is 8.63. The van der Waals surface area contributed by atoms with Crippen molar-refractivity contribution < 1.29 is 23.6 Å². The summed E-state index contributed by atoms with van der Waals surface area (Å²) in [6, 6.07) is 20.6. The second-order valence-electron chi connectivity index (χ2n) is 6.41. The van der Waals surface area contributed by atoms with Crippen molar-refractivity contribution in [1.29, 1.82) is 0 Å². The number of benzene rings is 3. The van der Waals surface area contributed by atoms with Crippen LogP contribution in [0.3, 0.4) is 0 Å². The van der Waals surface area contributed by atoms with Gasteiger partial charge in [0, 0.05) is 5.56 Å². The highest BCUT2D eigenvalue weighted by Gasteiger charge is 2.36. The molecule has 3 aromatic rings. The van der Waals surface area contributed by atoms with Crippen LogP contribution in [0.2, 0.25) is 0 Å². The topological polar surface area (TPSA) is 80.7 Å². The van der Waals surface area contributed by atoms with Crippen LogP contribution in [0.25, 0.3) is 11.1 Å². The Morgan fingerprint density at radius 3 is 2.18 bits per heavy atom. The third kappa shape index (κ3) is 4.11. The molecule has 0 bridgehead atoms. The smallest absolute Gasteiger partial charge is 0.383 e. The van der Waals surface area contributed by atoms with Crippen molar-refractivity contribution >= 4 is 19.1 Å². The molecule has 1 N–H and O–H groups in total. The molecule has 0 aliphatic carbocycles. The normalized spacial score (nSPS) is 12.8. The number of carbonyl (C=O) groups is 2. The summed E-state index contributed by atoms with van der Waals surface area (Å²) < 4.78 is 17.2. The lowest BCUT2D eigenvalue weighted by Crippen LogP contribution is -2.11. The van der Waals surface area contributed by atoms with Gasteiger partial charge in [-0.2, -0.15) is 0 Å². The van der Waals surface area contributed by atoms with Gasteiger partial charge < -0.3 is 9.42 Å². The molecule has 6 heteroatoms. The van der Waals surface area contributed by atoms with E-state index >= 15 is 0 Å². The molecule has 0 aliphatic heterocycles. The van der Waals surface area contributed by atoms with Gasteiger partial charge >= 0.3 is 13.6 Å². The fourth-order valence-corrected chi connectivity index (χ4v) is 3.82. The van der Waals surface area contributed by atoms with E-state index in [9.17, 15) is 19.0 Å². The summed E-state index contributed by atoms with van der Waals surface area (Å²) >= 11 is 0. The van der Waals surface area contributed by atoms with E-state index < -0.39 is 19.1 Å². The molecule has 3 rings (SSSR count). The molecule has 0 aromatic heterocycles. The summed E-state index contributed by atoms with van der Waals surface area (Å²) in [7, 11) is -4.84. The number of carbonyl (C=O) groups excluding carboxylic acids is 2. The van der Waals surface area contributed by atoms with E-state index in [0.29, 0.717) is 5.56 Å². The van der Waals surface area contributed by atoms with Crippen LogP contribution in [0.5, 0.6) is 0 Å². The highest BCUT2D eigenvalue weighted by atomic mass is 31.2. The van der Waals surface area contributed by atoms with Gasteiger partial charge in [0.15, 0.2) is 0 Å². The molecule has 1 unspecified atom stereocenters. The predicted molar refractivity (Wildman–Crippen MR) is 107 cm³/mol. The third-order valence-corrected chi connectivity index (χ3v) is 5.56. The van der Waals surface area contributed by atoms with Crippen molar-refractivity contribution in [3.63, 3.8) is 0 Å². The summed E-state index contributed by atoms with van der Waals surface area (Å²) in [5, 5.41) is 0. The van der Waals surface area contributed by atoms with E-state index in [1.165, 1.54) is 12.1 Å². The first-order valence-corrected chi connectivity index (χ1v) is 10.2. The zero-order chi connectivity index (χ0) is 20.3. The molecule has 1 atom stereocenters. The second-order valence-corrected chi connectivity index (χ2v) is 8.04. The highest BCUT2D eigenvalue weighted by Crippen LogP contribution is 2.47. The molecule has 3 aromatic carbocycles. The molecule has 0 heterocycles. The Balaban J connectivity index is 1.88. The van der Waals surface area contributed by atoms with E-state index in [0.717, 1.165) is 16.7 Å². The molecule has 0 saturated heterocycles. The lowest BCUT2D eigenvalue weighted by molar-refractivity contribution is 0.0700. The van der Waals surface area contributed by atoms with Gasteiger partial charge in [-0.1, -0.05) is 60.7 Å². The van der Waals surface area contributed by atoms with Gasteiger partial charge in [0.2, 0.25) is 0 Å². The van der Waals surface area contributed by atoms with Crippen molar-refractivity contribution in [2.24, 2.45) is 0 Å². The molecule has 0 fully saturated rings. The first-order chi connectivity index (χ1) is 13.3. The maximum absolute atomic E-state index is 12.5. The van der Waals surface area contributed by atoms with Gasteiger partial charge in [-0.15, -0.1) is 0 Å². The van der Waals surface area contributed by atoms with Crippen molar-refractivity contribution in [1.82, 2.24) is 0 Å². The summed E-state index contributed by atoms with van der Waals surface area (Å²) in [5.74, 6) is -1.02. The van der Waals surface area contributed by atoms with E-state index in [2.05, 4.69) is 0 Å². The van der Waals surface area contributed by atoms with Gasteiger partial charge in [0.1, 0.15) is 0 Å². The Labute approximate surface area is 163 Å². The monoisotopic (exact) mass is 394 g/mol. The number of hydrogen-bond acceptors (Lipinski definition) is 4. The quantitative estimate of drug-likeness (QED) is 0.605. The Kier molecular flexibility index (Phi) is 5.59. The van der Waals surface area contributed by atoms with Crippen LogP contribution in [-0.2, 0) is 9.09 Å². The van der Waals surface area contributed by atoms with Crippen LogP contribution in [-0.4, -0.2) is 16.4 Å². The average molecular weight is 394 g/mol. The molecule has 0 amide bonds. The molecule has 5 nitrogen and oxygen atoms in total. The van der Waals surface area contributed by atoms with Crippen molar-refractivity contribution in [2.75, 3.05) is 0 Å². The minimum atomic E-state index is -4.84. The fraction of sp³-hybridized carbons (Fsp3) is 0.0909. The minimum Gasteiger partial charge on any atom is -0.383 e. The number of hydrogen-bond donors (Lipinski definition) is 1. The largest absolute Gasteiger partial charge is 0.451 e. The van der Waals surface area contributed by atoms with Crippen LogP contribution >= 0.6 is 7.60 Å². The number of rotatable bonds is 5. The second kappa shape index (κ2) is 7.93. The van der Waals surface area contributed by atoms with Crippen LogP contribution < -0.4 is 0 Å². The van der Waals surface area contributed by atoms with E-state index in [-0.39, 0.29) is 11.1 Å². The minimum absolute atomic E-state index is 0.0509. The molecule has 0 radical (unpaired) electrons. The Hall–Kier alpha value is -3.01. The van der Waals surface area contributed by atoms with E-state index in [4.69, 9.17) is 4.52 Å². The lowest BCUT2D eigenvalue weighted by atomic mass is 9.98. The Morgan fingerprint density at radius 1 is 0.857 bits per heavy atom. The molecular weight excluding hydrogens is 375 g/mol. The van der Waals surface area contributed by atoms with E-state index in [1.807, 2.05) is 37.3 Å². The molecule has 0 aliphatic rings. The van der Waals surface area contributed by atoms with Gasteiger partial charge in [-0.05, 0) is 48.2 Å². The highest BCUT2D eigenvalue weighted by molar-refractivity contribution is 7.72. The van der Waals surface area contributed by atoms with Gasteiger partial charge in [0.25, 0.3) is 5.52 Å². The average Bonchev–Trinajstić information content (AvgIpc) is 2.68. The van der Waals surface area contributed by atoms with Gasteiger partial charge in [-0.25, -0.2) is 9.36 Å². The van der Waals surface area contributed by atoms with Gasteiger partial charge in [0.05, 0.1) is 5.56 Å². The third-order valence-electron chi connectivity index (χ3n) is 4.40. The van der Waals surface area contributed by atoms with Crippen LogP contribution in [0.1, 0.15) is 31.8 Å². The summed E-state index contributed by atoms with van der Waals surface area (Å²) in [4.78, 5) is 35.0. The molecule has 28 heavy (non-hydrogen) atoms.